The Kier molecular flexibility index (Phi) is 3.10. The molecule has 0 bridgehead atoms. The monoisotopic (exact) mass is 285 g/mol. The summed E-state index contributed by atoms with van der Waals surface area (Å²) < 4.78 is 25.3. The minimum atomic E-state index is -3.16. The number of benzene rings is 2. The molecule has 0 N–H and O–H groups in total. The maximum Gasteiger partial charge on any atom is 0.175 e. The van der Waals surface area contributed by atoms with Gasteiger partial charge in [-0.25, -0.2) is 8.42 Å². The molecule has 3 nitrogen and oxygen atoms in total. The number of sulfone groups is 1. The molecule has 1 aromatic heterocycles. The van der Waals surface area contributed by atoms with Crippen LogP contribution in [0.2, 0.25) is 0 Å². The summed E-state index contributed by atoms with van der Waals surface area (Å²) in [6.07, 6.45) is 3.26. The van der Waals surface area contributed by atoms with Crippen LogP contribution in [0.15, 0.2) is 65.7 Å². The summed E-state index contributed by atoms with van der Waals surface area (Å²) in [4.78, 5) is 0.367. The van der Waals surface area contributed by atoms with Crippen molar-refractivity contribution in [3.8, 4) is 0 Å². The zero-order valence-corrected chi connectivity index (χ0v) is 12.0. The molecule has 102 valence electrons. The second-order valence-corrected chi connectivity index (χ2v) is 6.94. The third kappa shape index (κ3) is 2.47. The van der Waals surface area contributed by atoms with Crippen molar-refractivity contribution >= 4 is 20.7 Å². The third-order valence-corrected chi connectivity index (χ3v) is 4.47. The first-order chi connectivity index (χ1) is 9.54. The van der Waals surface area contributed by atoms with E-state index in [2.05, 4.69) is 22.8 Å². The van der Waals surface area contributed by atoms with Gasteiger partial charge in [0, 0.05) is 24.5 Å². The van der Waals surface area contributed by atoms with Crippen LogP contribution in [-0.2, 0) is 16.4 Å². The Hall–Kier alpha value is -2.07. The number of hydrogen-bond donors (Lipinski definition) is 0. The Bertz CT molecular complexity index is 863. The van der Waals surface area contributed by atoms with Gasteiger partial charge in [0.2, 0.25) is 0 Å². The van der Waals surface area contributed by atoms with E-state index < -0.39 is 9.84 Å². The molecule has 0 amide bonds. The van der Waals surface area contributed by atoms with E-state index in [1.165, 1.54) is 11.6 Å². The van der Waals surface area contributed by atoms with Crippen molar-refractivity contribution in [2.45, 2.75) is 11.4 Å². The number of fused-ring (bicyclic) bond motifs is 1. The maximum atomic E-state index is 11.6. The zero-order chi connectivity index (χ0) is 14.2. The molecule has 0 saturated carbocycles. The topological polar surface area (TPSA) is 39.1 Å². The summed E-state index contributed by atoms with van der Waals surface area (Å²) in [6, 6.07) is 17.3. The Morgan fingerprint density at radius 2 is 1.80 bits per heavy atom. The average Bonchev–Trinajstić information content (AvgIpc) is 2.82. The molecular weight excluding hydrogens is 270 g/mol. The van der Waals surface area contributed by atoms with Crippen molar-refractivity contribution in [1.82, 2.24) is 4.57 Å². The van der Waals surface area contributed by atoms with Gasteiger partial charge in [-0.2, -0.15) is 0 Å². The van der Waals surface area contributed by atoms with Crippen molar-refractivity contribution in [3.05, 3.63) is 66.4 Å². The normalized spacial score (nSPS) is 11.8. The molecule has 0 aliphatic rings. The molecule has 0 radical (unpaired) electrons. The van der Waals surface area contributed by atoms with Crippen LogP contribution in [0.25, 0.3) is 10.9 Å². The van der Waals surface area contributed by atoms with Crippen LogP contribution in [0.1, 0.15) is 5.56 Å². The highest BCUT2D eigenvalue weighted by Crippen LogP contribution is 2.18. The van der Waals surface area contributed by atoms with Gasteiger partial charge in [0.25, 0.3) is 0 Å². The van der Waals surface area contributed by atoms with E-state index in [1.807, 2.05) is 24.4 Å². The van der Waals surface area contributed by atoms with Gasteiger partial charge in [0.15, 0.2) is 9.84 Å². The summed E-state index contributed by atoms with van der Waals surface area (Å²) in [5, 5.41) is 1.19. The summed E-state index contributed by atoms with van der Waals surface area (Å²) in [6.45, 7) is 0.664. The number of nitrogens with zero attached hydrogens (tertiary/aromatic N) is 1. The number of hydrogen-bond acceptors (Lipinski definition) is 2. The molecule has 0 fully saturated rings. The Labute approximate surface area is 118 Å². The smallest absolute Gasteiger partial charge is 0.175 e. The minimum absolute atomic E-state index is 0.367. The zero-order valence-electron chi connectivity index (χ0n) is 11.2. The largest absolute Gasteiger partial charge is 0.343 e. The van der Waals surface area contributed by atoms with Crippen LogP contribution < -0.4 is 0 Å². The molecule has 2 aromatic carbocycles. The lowest BCUT2D eigenvalue weighted by molar-refractivity contribution is 0.601. The second kappa shape index (κ2) is 4.80. The van der Waals surface area contributed by atoms with Gasteiger partial charge >= 0.3 is 0 Å². The van der Waals surface area contributed by atoms with Crippen LogP contribution in [0, 0.1) is 0 Å². The van der Waals surface area contributed by atoms with Crippen molar-refractivity contribution in [3.63, 3.8) is 0 Å². The van der Waals surface area contributed by atoms with Crippen LogP contribution in [0.3, 0.4) is 0 Å². The lowest BCUT2D eigenvalue weighted by Crippen LogP contribution is -2.01. The molecule has 1 heterocycles. The summed E-state index contributed by atoms with van der Waals surface area (Å²) in [7, 11) is -3.16. The van der Waals surface area contributed by atoms with Gasteiger partial charge in [0.1, 0.15) is 0 Å². The van der Waals surface area contributed by atoms with Crippen molar-refractivity contribution in [2.75, 3.05) is 6.26 Å². The first-order valence-corrected chi connectivity index (χ1v) is 8.26. The quantitative estimate of drug-likeness (QED) is 0.742. The highest BCUT2D eigenvalue weighted by Gasteiger charge is 2.08. The van der Waals surface area contributed by atoms with Crippen molar-refractivity contribution < 1.29 is 8.42 Å². The fraction of sp³-hybridized carbons (Fsp3) is 0.125. The van der Waals surface area contributed by atoms with Crippen molar-refractivity contribution in [1.29, 1.82) is 0 Å². The van der Waals surface area contributed by atoms with Gasteiger partial charge < -0.3 is 4.57 Å². The van der Waals surface area contributed by atoms with Crippen LogP contribution in [-0.4, -0.2) is 19.2 Å². The molecule has 0 spiro atoms. The maximum absolute atomic E-state index is 11.6. The molecular formula is C16H15NO2S. The van der Waals surface area contributed by atoms with Crippen molar-refractivity contribution in [2.24, 2.45) is 0 Å². The summed E-state index contributed by atoms with van der Waals surface area (Å²) in [5.74, 6) is 0. The summed E-state index contributed by atoms with van der Waals surface area (Å²) in [5.41, 5.74) is 2.13. The Morgan fingerprint density at radius 1 is 1.00 bits per heavy atom. The SMILES string of the molecule is CS(=O)(=O)c1cccc(Cn2ccc3ccccc32)c1. The molecule has 0 aliphatic heterocycles. The van der Waals surface area contributed by atoms with E-state index in [-0.39, 0.29) is 0 Å². The van der Waals surface area contributed by atoms with Gasteiger partial charge in [-0.05, 0) is 35.2 Å². The summed E-state index contributed by atoms with van der Waals surface area (Å²) >= 11 is 0. The number of aromatic nitrogens is 1. The lowest BCUT2D eigenvalue weighted by atomic mass is 10.2. The third-order valence-electron chi connectivity index (χ3n) is 3.36. The van der Waals surface area contributed by atoms with E-state index in [9.17, 15) is 8.42 Å². The van der Waals surface area contributed by atoms with Gasteiger partial charge in [-0.15, -0.1) is 0 Å². The lowest BCUT2D eigenvalue weighted by Gasteiger charge is -2.07. The molecule has 0 unspecified atom stereocenters. The fourth-order valence-electron chi connectivity index (χ4n) is 2.35. The fourth-order valence-corrected chi connectivity index (χ4v) is 3.04. The van der Waals surface area contributed by atoms with Crippen LogP contribution in [0.4, 0.5) is 0 Å². The molecule has 0 aliphatic carbocycles. The predicted molar refractivity (Wildman–Crippen MR) is 80.6 cm³/mol. The second-order valence-electron chi connectivity index (χ2n) is 4.92. The van der Waals surface area contributed by atoms with E-state index in [1.54, 1.807) is 18.2 Å². The molecule has 3 aromatic rings. The molecule has 20 heavy (non-hydrogen) atoms. The predicted octanol–water partition coefficient (Wildman–Crippen LogP) is 3.09. The first-order valence-electron chi connectivity index (χ1n) is 6.37. The van der Waals surface area contributed by atoms with Gasteiger partial charge in [0.05, 0.1) is 4.90 Å². The standard InChI is InChI=1S/C16H15NO2S/c1-20(18,19)15-7-4-5-13(11-15)12-17-10-9-14-6-2-3-8-16(14)17/h2-11H,12H2,1H3. The average molecular weight is 285 g/mol. The molecule has 3 rings (SSSR count). The van der Waals surface area contributed by atoms with Crippen LogP contribution >= 0.6 is 0 Å². The minimum Gasteiger partial charge on any atom is -0.343 e. The number of para-hydroxylation sites is 1. The van der Waals surface area contributed by atoms with E-state index >= 15 is 0 Å². The highest BCUT2D eigenvalue weighted by atomic mass is 32.2. The molecule has 4 heteroatoms. The van der Waals surface area contributed by atoms with E-state index in [0.717, 1.165) is 11.1 Å². The number of rotatable bonds is 3. The first kappa shape index (κ1) is 12.9. The molecule has 0 saturated heterocycles. The molecule has 0 atom stereocenters. The van der Waals surface area contributed by atoms with Gasteiger partial charge in [-0.3, -0.25) is 0 Å². The van der Waals surface area contributed by atoms with E-state index in [0.29, 0.717) is 11.4 Å². The van der Waals surface area contributed by atoms with Gasteiger partial charge in [-0.1, -0.05) is 30.3 Å². The van der Waals surface area contributed by atoms with Crippen LogP contribution in [0.5, 0.6) is 0 Å². The highest BCUT2D eigenvalue weighted by molar-refractivity contribution is 7.90. The Morgan fingerprint density at radius 3 is 2.60 bits per heavy atom. The van der Waals surface area contributed by atoms with E-state index in [4.69, 9.17) is 0 Å². The Balaban J connectivity index is 1.99.